The Bertz CT molecular complexity index is 467. The number of nitrogens with two attached hydrogens (primary N) is 2. The third kappa shape index (κ3) is 3.85. The zero-order valence-electron chi connectivity index (χ0n) is 8.09. The van der Waals surface area contributed by atoms with Gasteiger partial charge in [-0.05, 0) is 46.4 Å². The molecule has 16 heavy (non-hydrogen) atoms. The van der Waals surface area contributed by atoms with Crippen molar-refractivity contribution in [2.24, 2.45) is 21.7 Å². The van der Waals surface area contributed by atoms with Crippen LogP contribution in [0.3, 0.4) is 0 Å². The fourth-order valence-electron chi connectivity index (χ4n) is 0.973. The van der Waals surface area contributed by atoms with E-state index in [1.807, 2.05) is 22.6 Å². The third-order valence-electron chi connectivity index (χ3n) is 1.55. The largest absolute Gasteiger partial charge is 0.478 e. The maximum atomic E-state index is 10.8. The van der Waals surface area contributed by atoms with E-state index in [2.05, 4.69) is 10.2 Å². The van der Waals surface area contributed by atoms with Gasteiger partial charge < -0.3 is 16.6 Å². The Labute approximate surface area is 105 Å². The molecule has 0 aliphatic carbocycles. The molecule has 7 heteroatoms. The Kier molecular flexibility index (Phi) is 4.23. The monoisotopic (exact) mass is 332 g/mol. The first-order valence-electron chi connectivity index (χ1n) is 4.15. The average Bonchev–Trinajstić information content (AvgIpc) is 2.16. The molecule has 84 valence electrons. The molecule has 1 rings (SSSR count). The molecule has 0 radical (unpaired) electrons. The van der Waals surface area contributed by atoms with Crippen LogP contribution in [0.15, 0.2) is 28.4 Å². The third-order valence-corrected chi connectivity index (χ3v) is 2.17. The summed E-state index contributed by atoms with van der Waals surface area (Å²) in [6.45, 7) is 0. The van der Waals surface area contributed by atoms with Crippen molar-refractivity contribution in [3.63, 3.8) is 0 Å². The number of carboxylic acids is 1. The summed E-state index contributed by atoms with van der Waals surface area (Å²) in [4.78, 5) is 10.8. The van der Waals surface area contributed by atoms with Crippen LogP contribution in [0.25, 0.3) is 0 Å². The zero-order valence-corrected chi connectivity index (χ0v) is 10.2. The second kappa shape index (κ2) is 5.45. The summed E-state index contributed by atoms with van der Waals surface area (Å²) in [7, 11) is 0. The van der Waals surface area contributed by atoms with Gasteiger partial charge in [0.1, 0.15) is 0 Å². The number of halogens is 1. The summed E-state index contributed by atoms with van der Waals surface area (Å²) in [6.07, 6.45) is 1.38. The molecule has 0 saturated carbocycles. The minimum Gasteiger partial charge on any atom is -0.478 e. The lowest BCUT2D eigenvalue weighted by Crippen LogP contribution is -2.21. The van der Waals surface area contributed by atoms with E-state index in [4.69, 9.17) is 16.6 Å². The van der Waals surface area contributed by atoms with Gasteiger partial charge in [0.15, 0.2) is 0 Å². The SMILES string of the molecule is NC(N)=NN=Cc1cc(I)cc(C(=O)O)c1. The van der Waals surface area contributed by atoms with Gasteiger partial charge in [0.05, 0.1) is 11.8 Å². The molecule has 0 atom stereocenters. The molecular weight excluding hydrogens is 323 g/mol. The number of rotatable bonds is 3. The molecule has 0 saturated heterocycles. The van der Waals surface area contributed by atoms with Gasteiger partial charge in [0, 0.05) is 3.57 Å². The molecular formula is C9H9IN4O2. The van der Waals surface area contributed by atoms with Crippen LogP contribution in [-0.2, 0) is 0 Å². The van der Waals surface area contributed by atoms with Crippen LogP contribution in [-0.4, -0.2) is 23.2 Å². The summed E-state index contributed by atoms with van der Waals surface area (Å²) in [5.74, 6) is -1.14. The number of guanidine groups is 1. The maximum Gasteiger partial charge on any atom is 0.335 e. The van der Waals surface area contributed by atoms with Crippen LogP contribution >= 0.6 is 22.6 Å². The lowest BCUT2D eigenvalue weighted by Gasteiger charge is -1.98. The van der Waals surface area contributed by atoms with Crippen LogP contribution in [0.1, 0.15) is 15.9 Å². The number of carbonyl (C=O) groups is 1. The molecule has 0 amide bonds. The topological polar surface area (TPSA) is 114 Å². The second-order valence-electron chi connectivity index (χ2n) is 2.85. The molecule has 0 fully saturated rings. The molecule has 1 aromatic carbocycles. The fraction of sp³-hybridized carbons (Fsp3) is 0. The number of benzene rings is 1. The van der Waals surface area contributed by atoms with E-state index in [9.17, 15) is 4.79 Å². The van der Waals surface area contributed by atoms with E-state index < -0.39 is 5.97 Å². The highest BCUT2D eigenvalue weighted by Crippen LogP contribution is 2.11. The summed E-state index contributed by atoms with van der Waals surface area (Å²) < 4.78 is 0.795. The minimum absolute atomic E-state index is 0.152. The van der Waals surface area contributed by atoms with Gasteiger partial charge >= 0.3 is 5.97 Å². The van der Waals surface area contributed by atoms with E-state index in [0.29, 0.717) is 5.56 Å². The highest BCUT2D eigenvalue weighted by Gasteiger charge is 2.04. The van der Waals surface area contributed by atoms with Gasteiger partial charge in [-0.15, -0.1) is 5.10 Å². The predicted octanol–water partition coefficient (Wildman–Crippen LogP) is 0.597. The maximum absolute atomic E-state index is 10.8. The first-order valence-corrected chi connectivity index (χ1v) is 5.23. The predicted molar refractivity (Wildman–Crippen MR) is 69.5 cm³/mol. The van der Waals surface area contributed by atoms with E-state index in [1.54, 1.807) is 12.1 Å². The standard InChI is InChI=1S/C9H9IN4O2/c10-7-2-5(4-13-14-9(11)12)1-6(3-7)8(15)16/h1-4H,(H,15,16)(H4,11,12,14). The highest BCUT2D eigenvalue weighted by atomic mass is 127. The van der Waals surface area contributed by atoms with Crippen LogP contribution in [0.2, 0.25) is 0 Å². The molecule has 0 aromatic heterocycles. The van der Waals surface area contributed by atoms with Gasteiger partial charge in [-0.25, -0.2) is 4.79 Å². The Balaban J connectivity index is 3.01. The van der Waals surface area contributed by atoms with Crippen LogP contribution in [0.4, 0.5) is 0 Å². The molecule has 1 aromatic rings. The smallest absolute Gasteiger partial charge is 0.335 e. The molecule has 0 aliphatic heterocycles. The van der Waals surface area contributed by atoms with E-state index >= 15 is 0 Å². The van der Waals surface area contributed by atoms with E-state index in [0.717, 1.165) is 3.57 Å². The zero-order chi connectivity index (χ0) is 12.1. The Morgan fingerprint density at radius 1 is 1.38 bits per heavy atom. The van der Waals surface area contributed by atoms with Crippen molar-refractivity contribution in [2.75, 3.05) is 0 Å². The lowest BCUT2D eigenvalue weighted by molar-refractivity contribution is 0.0697. The van der Waals surface area contributed by atoms with Crippen molar-refractivity contribution in [1.82, 2.24) is 0 Å². The van der Waals surface area contributed by atoms with Crippen molar-refractivity contribution in [2.45, 2.75) is 0 Å². The van der Waals surface area contributed by atoms with E-state index in [-0.39, 0.29) is 11.5 Å². The molecule has 0 aliphatic rings. The minimum atomic E-state index is -0.991. The van der Waals surface area contributed by atoms with E-state index in [1.165, 1.54) is 12.3 Å². The Morgan fingerprint density at radius 2 is 2.06 bits per heavy atom. The number of hydrogen-bond donors (Lipinski definition) is 3. The lowest BCUT2D eigenvalue weighted by atomic mass is 10.1. The quantitative estimate of drug-likeness (QED) is 0.325. The fourth-order valence-corrected chi connectivity index (χ4v) is 1.67. The number of aromatic carboxylic acids is 1. The summed E-state index contributed by atoms with van der Waals surface area (Å²) >= 11 is 2.02. The van der Waals surface area contributed by atoms with Gasteiger partial charge in [0.25, 0.3) is 0 Å². The molecule has 5 N–H and O–H groups in total. The Hall–Kier alpha value is -1.64. The molecule has 0 bridgehead atoms. The molecule has 6 nitrogen and oxygen atoms in total. The molecule has 0 spiro atoms. The van der Waals surface area contributed by atoms with Crippen molar-refractivity contribution in [3.8, 4) is 0 Å². The normalized spacial score (nSPS) is 10.3. The highest BCUT2D eigenvalue weighted by molar-refractivity contribution is 14.1. The van der Waals surface area contributed by atoms with Gasteiger partial charge in [-0.1, -0.05) is 0 Å². The van der Waals surface area contributed by atoms with Gasteiger partial charge in [-0.2, -0.15) is 5.10 Å². The van der Waals surface area contributed by atoms with Crippen LogP contribution < -0.4 is 11.5 Å². The van der Waals surface area contributed by atoms with Crippen molar-refractivity contribution in [3.05, 3.63) is 32.9 Å². The van der Waals surface area contributed by atoms with Crippen molar-refractivity contribution < 1.29 is 9.90 Å². The van der Waals surface area contributed by atoms with Gasteiger partial charge in [-0.3, -0.25) is 0 Å². The number of hydrogen-bond acceptors (Lipinski definition) is 3. The first-order chi connectivity index (χ1) is 7.49. The number of carboxylic acid groups (broad SMARTS) is 1. The van der Waals surface area contributed by atoms with Crippen molar-refractivity contribution in [1.29, 1.82) is 0 Å². The molecule has 0 heterocycles. The van der Waals surface area contributed by atoms with Crippen LogP contribution in [0, 0.1) is 3.57 Å². The summed E-state index contributed by atoms with van der Waals surface area (Å²) in [5, 5.41) is 15.8. The summed E-state index contributed by atoms with van der Waals surface area (Å²) in [6, 6.07) is 4.80. The first kappa shape index (κ1) is 12.4. The number of nitrogens with zero attached hydrogens (tertiary/aromatic N) is 2. The van der Waals surface area contributed by atoms with Crippen LogP contribution in [0.5, 0.6) is 0 Å². The van der Waals surface area contributed by atoms with Crippen molar-refractivity contribution >= 4 is 40.7 Å². The average molecular weight is 332 g/mol. The van der Waals surface area contributed by atoms with Gasteiger partial charge in [0.2, 0.25) is 5.96 Å². The molecule has 0 unspecified atom stereocenters. The Morgan fingerprint density at radius 3 is 2.62 bits per heavy atom. The summed E-state index contributed by atoms with van der Waals surface area (Å²) in [5.41, 5.74) is 11.0. The second-order valence-corrected chi connectivity index (χ2v) is 4.09.